The van der Waals surface area contributed by atoms with Crippen molar-refractivity contribution in [3.63, 3.8) is 0 Å². The summed E-state index contributed by atoms with van der Waals surface area (Å²) >= 11 is 7.64. The number of thiazole rings is 1. The van der Waals surface area contributed by atoms with E-state index in [1.807, 2.05) is 67.8 Å². The molecular weight excluding hydrogens is 582 g/mol. The van der Waals surface area contributed by atoms with Gasteiger partial charge in [-0.3, -0.25) is 9.59 Å². The average molecular weight is 610 g/mol. The van der Waals surface area contributed by atoms with Crippen LogP contribution in [0.25, 0.3) is 11.3 Å². The second-order valence-corrected chi connectivity index (χ2v) is 10.9. The first kappa shape index (κ1) is 29.5. The Balaban J connectivity index is 1.14. The van der Waals surface area contributed by atoms with Crippen molar-refractivity contribution in [3.8, 4) is 17.0 Å². The largest absolute Gasteiger partial charge is 0.483 e. The Morgan fingerprint density at radius 2 is 1.70 bits per heavy atom. The Hall–Kier alpha value is -4.99. The summed E-state index contributed by atoms with van der Waals surface area (Å²) < 4.78 is 5.70. The number of hydrazone groups is 1. The minimum atomic E-state index is -0.364. The summed E-state index contributed by atoms with van der Waals surface area (Å²) in [4.78, 5) is 29.7. The molecule has 0 unspecified atom stereocenters. The van der Waals surface area contributed by atoms with Gasteiger partial charge in [0.25, 0.3) is 11.8 Å². The summed E-state index contributed by atoms with van der Waals surface area (Å²) in [7, 11) is 0. The van der Waals surface area contributed by atoms with Crippen molar-refractivity contribution in [1.29, 1.82) is 0 Å². The van der Waals surface area contributed by atoms with Gasteiger partial charge in [-0.05, 0) is 67.9 Å². The monoisotopic (exact) mass is 609 g/mol. The molecule has 1 aromatic heterocycles. The molecule has 0 aliphatic heterocycles. The molecular formula is C33H28ClN5O3S. The van der Waals surface area contributed by atoms with Crippen molar-refractivity contribution in [2.75, 3.05) is 17.2 Å². The van der Waals surface area contributed by atoms with Gasteiger partial charge in [-0.1, -0.05) is 59.6 Å². The molecule has 3 N–H and O–H groups in total. The van der Waals surface area contributed by atoms with E-state index in [2.05, 4.69) is 26.1 Å². The molecule has 1 heterocycles. The highest BCUT2D eigenvalue weighted by Gasteiger charge is 2.10. The molecule has 0 aliphatic carbocycles. The van der Waals surface area contributed by atoms with Crippen LogP contribution in [0.5, 0.6) is 5.75 Å². The Kier molecular flexibility index (Phi) is 9.46. The van der Waals surface area contributed by atoms with Gasteiger partial charge in [-0.25, -0.2) is 10.4 Å². The number of anilines is 3. The van der Waals surface area contributed by atoms with Crippen molar-refractivity contribution >= 4 is 57.5 Å². The number of carbonyl (C=O) groups excluding carboxylic acids is 2. The Bertz CT molecular complexity index is 1770. The second kappa shape index (κ2) is 13.8. The van der Waals surface area contributed by atoms with Gasteiger partial charge in [0.15, 0.2) is 11.7 Å². The molecule has 5 aromatic rings. The zero-order chi connectivity index (χ0) is 30.2. The van der Waals surface area contributed by atoms with Gasteiger partial charge in [0.1, 0.15) is 5.75 Å². The Morgan fingerprint density at radius 3 is 2.47 bits per heavy atom. The number of hydrogen-bond donors (Lipinski definition) is 3. The number of para-hydroxylation sites is 1. The van der Waals surface area contributed by atoms with Gasteiger partial charge in [0.05, 0.1) is 11.9 Å². The highest BCUT2D eigenvalue weighted by molar-refractivity contribution is 7.14. The van der Waals surface area contributed by atoms with Gasteiger partial charge < -0.3 is 15.4 Å². The number of nitrogens with zero attached hydrogens (tertiary/aromatic N) is 2. The summed E-state index contributed by atoms with van der Waals surface area (Å²) in [5.74, 6) is -0.251. The van der Waals surface area contributed by atoms with Crippen LogP contribution in [0, 0.1) is 13.8 Å². The number of rotatable bonds is 10. The summed E-state index contributed by atoms with van der Waals surface area (Å²) in [6.45, 7) is 3.72. The maximum atomic E-state index is 12.7. The van der Waals surface area contributed by atoms with Crippen molar-refractivity contribution < 1.29 is 14.3 Å². The summed E-state index contributed by atoms with van der Waals surface area (Å²) in [6.07, 6.45) is 1.47. The van der Waals surface area contributed by atoms with Gasteiger partial charge in [-0.2, -0.15) is 5.10 Å². The molecule has 4 aromatic carbocycles. The summed E-state index contributed by atoms with van der Waals surface area (Å²) in [6, 6.07) is 27.6. The molecule has 0 atom stereocenters. The van der Waals surface area contributed by atoms with Crippen LogP contribution in [0.3, 0.4) is 0 Å². The number of ether oxygens (including phenoxy) is 1. The highest BCUT2D eigenvalue weighted by Crippen LogP contribution is 2.27. The van der Waals surface area contributed by atoms with Crippen molar-refractivity contribution in [3.05, 3.63) is 124 Å². The second-order valence-electron chi connectivity index (χ2n) is 9.64. The molecule has 0 radical (unpaired) electrons. The number of hydrogen-bond acceptors (Lipinski definition) is 7. The van der Waals surface area contributed by atoms with E-state index >= 15 is 0 Å². The number of aromatic nitrogens is 1. The Labute approximate surface area is 258 Å². The zero-order valence-corrected chi connectivity index (χ0v) is 25.0. The topological polar surface area (TPSA) is 105 Å². The average Bonchev–Trinajstić information content (AvgIpc) is 3.48. The maximum Gasteiger partial charge on any atom is 0.271 e. The predicted octanol–water partition coefficient (Wildman–Crippen LogP) is 7.61. The highest BCUT2D eigenvalue weighted by atomic mass is 35.5. The fraction of sp³-hybridized carbons (Fsp3) is 0.0909. The molecule has 0 saturated carbocycles. The molecule has 8 nitrogen and oxygen atoms in total. The molecule has 0 saturated heterocycles. The van der Waals surface area contributed by atoms with E-state index in [0.717, 1.165) is 27.6 Å². The van der Waals surface area contributed by atoms with Crippen LogP contribution in [0.4, 0.5) is 16.5 Å². The van der Waals surface area contributed by atoms with Crippen LogP contribution >= 0.6 is 22.9 Å². The molecule has 43 heavy (non-hydrogen) atoms. The third-order valence-corrected chi connectivity index (χ3v) is 7.52. The number of benzene rings is 4. The van der Waals surface area contributed by atoms with Gasteiger partial charge >= 0.3 is 0 Å². The van der Waals surface area contributed by atoms with E-state index in [4.69, 9.17) is 16.3 Å². The number of amides is 2. The first-order chi connectivity index (χ1) is 20.8. The van der Waals surface area contributed by atoms with E-state index in [1.165, 1.54) is 23.1 Å². The van der Waals surface area contributed by atoms with Gasteiger partial charge in [0, 0.05) is 38.5 Å². The van der Waals surface area contributed by atoms with Crippen LogP contribution in [-0.2, 0) is 4.79 Å². The molecule has 2 amide bonds. The van der Waals surface area contributed by atoms with Crippen LogP contribution in [-0.4, -0.2) is 29.6 Å². The first-order valence-corrected chi connectivity index (χ1v) is 14.6. The predicted molar refractivity (Wildman–Crippen MR) is 174 cm³/mol. The fourth-order valence-electron chi connectivity index (χ4n) is 3.97. The van der Waals surface area contributed by atoms with E-state index < -0.39 is 0 Å². The third kappa shape index (κ3) is 8.06. The lowest BCUT2D eigenvalue weighted by Gasteiger charge is -2.10. The smallest absolute Gasteiger partial charge is 0.271 e. The molecule has 0 fully saturated rings. The number of nitrogens with one attached hydrogen (secondary N) is 3. The van der Waals surface area contributed by atoms with Crippen molar-refractivity contribution in [2.24, 2.45) is 5.10 Å². The van der Waals surface area contributed by atoms with E-state index in [1.54, 1.807) is 42.5 Å². The normalized spacial score (nSPS) is 10.9. The Morgan fingerprint density at radius 1 is 0.953 bits per heavy atom. The minimum Gasteiger partial charge on any atom is -0.483 e. The van der Waals surface area contributed by atoms with Crippen LogP contribution in [0.1, 0.15) is 27.0 Å². The lowest BCUT2D eigenvalue weighted by Crippen LogP contribution is -2.20. The maximum absolute atomic E-state index is 12.7. The fourth-order valence-corrected chi connectivity index (χ4v) is 4.89. The van der Waals surface area contributed by atoms with Gasteiger partial charge in [0.2, 0.25) is 0 Å². The molecule has 216 valence electrons. The molecule has 0 aliphatic rings. The number of carbonyl (C=O) groups is 2. The summed E-state index contributed by atoms with van der Waals surface area (Å²) in [5, 5.41) is 13.5. The SMILES string of the molecule is Cc1ccc(Nc2nc(-c3ccc(C(=O)N/N=C/c4ccccc4OCC(=O)Nc4ccc(C)c(Cl)c4)cc3)cs2)cc1. The van der Waals surface area contributed by atoms with E-state index in [9.17, 15) is 9.59 Å². The number of halogens is 1. The van der Waals surface area contributed by atoms with Crippen molar-refractivity contribution in [1.82, 2.24) is 10.4 Å². The molecule has 0 spiro atoms. The summed E-state index contributed by atoms with van der Waals surface area (Å²) in [5.41, 5.74) is 8.98. The van der Waals surface area contributed by atoms with Crippen LogP contribution in [0.2, 0.25) is 5.02 Å². The standard InChI is InChI=1S/C33H28ClN5O3S/c1-21-7-14-26(15-8-21)37-33-38-29(20-43-33)23-10-12-24(13-11-23)32(41)39-35-18-25-5-3-4-6-30(25)42-19-31(40)36-27-16-9-22(2)28(34)17-27/h3-18,20H,19H2,1-2H3,(H,36,40)(H,37,38)(H,39,41)/b35-18+. The quantitative estimate of drug-likeness (QED) is 0.112. The minimum absolute atomic E-state index is 0.211. The lowest BCUT2D eigenvalue weighted by atomic mass is 10.1. The zero-order valence-electron chi connectivity index (χ0n) is 23.4. The molecule has 5 rings (SSSR count). The molecule has 10 heteroatoms. The first-order valence-electron chi connectivity index (χ1n) is 13.3. The van der Waals surface area contributed by atoms with Crippen molar-refractivity contribution in [2.45, 2.75) is 13.8 Å². The van der Waals surface area contributed by atoms with Gasteiger partial charge in [-0.15, -0.1) is 11.3 Å². The van der Waals surface area contributed by atoms with E-state index in [0.29, 0.717) is 27.6 Å². The van der Waals surface area contributed by atoms with Crippen LogP contribution < -0.4 is 20.8 Å². The third-order valence-electron chi connectivity index (χ3n) is 6.35. The lowest BCUT2D eigenvalue weighted by molar-refractivity contribution is -0.118. The molecule has 0 bridgehead atoms. The van der Waals surface area contributed by atoms with E-state index in [-0.39, 0.29) is 18.4 Å². The number of aryl methyl sites for hydroxylation is 2. The van der Waals surface area contributed by atoms with Crippen LogP contribution in [0.15, 0.2) is 101 Å².